The minimum Gasteiger partial charge on any atom is -0.463 e. The molecule has 0 saturated carbocycles. The van der Waals surface area contributed by atoms with Gasteiger partial charge >= 0.3 is 14.5 Å². The molecule has 0 fully saturated rings. The van der Waals surface area contributed by atoms with E-state index in [1.54, 1.807) is 19.9 Å². The Bertz CT molecular complexity index is 199. The molecular weight excluding hydrogens is 200 g/mol. The van der Waals surface area contributed by atoms with Crippen molar-refractivity contribution in [3.8, 4) is 0 Å². The van der Waals surface area contributed by atoms with E-state index < -0.39 is 8.56 Å². The highest BCUT2D eigenvalue weighted by Crippen LogP contribution is 2.05. The standard InChI is InChI=1S/C9H18O4Si/c1-5-7-13-9(10)6-8-14(4,11-2)12-3/h6,8H,5,7H2,1-4H3. The average Bonchev–Trinajstić information content (AvgIpc) is 2.23. The van der Waals surface area contributed by atoms with E-state index >= 15 is 0 Å². The maximum atomic E-state index is 11.1. The predicted octanol–water partition coefficient (Wildman–Crippen LogP) is 1.40. The minimum absolute atomic E-state index is 0.348. The zero-order valence-corrected chi connectivity index (χ0v) is 10.2. The minimum atomic E-state index is -2.28. The number of carbonyl (C=O) groups excluding carboxylic acids is 1. The van der Waals surface area contributed by atoms with Crippen LogP contribution < -0.4 is 0 Å². The van der Waals surface area contributed by atoms with E-state index in [0.717, 1.165) is 6.42 Å². The topological polar surface area (TPSA) is 44.8 Å². The Kier molecular flexibility index (Phi) is 6.43. The molecule has 0 saturated heterocycles. The van der Waals surface area contributed by atoms with E-state index in [2.05, 4.69) is 0 Å². The number of hydrogen-bond acceptors (Lipinski definition) is 4. The zero-order valence-electron chi connectivity index (χ0n) is 9.20. The van der Waals surface area contributed by atoms with E-state index in [0.29, 0.717) is 6.61 Å². The lowest BCUT2D eigenvalue weighted by molar-refractivity contribution is -0.137. The number of ether oxygens (including phenoxy) is 1. The van der Waals surface area contributed by atoms with E-state index in [4.69, 9.17) is 13.6 Å². The monoisotopic (exact) mass is 218 g/mol. The van der Waals surface area contributed by atoms with Crippen molar-refractivity contribution in [3.05, 3.63) is 11.8 Å². The molecule has 0 aromatic heterocycles. The number of rotatable bonds is 6. The summed E-state index contributed by atoms with van der Waals surface area (Å²) in [6.07, 6.45) is 2.19. The van der Waals surface area contributed by atoms with Crippen LogP contribution in [0.25, 0.3) is 0 Å². The van der Waals surface area contributed by atoms with Crippen LogP contribution in [0.2, 0.25) is 6.55 Å². The molecule has 0 aliphatic heterocycles. The van der Waals surface area contributed by atoms with Crippen molar-refractivity contribution >= 4 is 14.5 Å². The van der Waals surface area contributed by atoms with Gasteiger partial charge in [-0.25, -0.2) is 4.79 Å². The van der Waals surface area contributed by atoms with Crippen LogP contribution in [0.1, 0.15) is 13.3 Å². The first kappa shape index (κ1) is 13.3. The molecule has 0 aromatic carbocycles. The van der Waals surface area contributed by atoms with Crippen molar-refractivity contribution in [2.75, 3.05) is 20.8 Å². The third kappa shape index (κ3) is 5.16. The van der Waals surface area contributed by atoms with Crippen LogP contribution in [0, 0.1) is 0 Å². The highest BCUT2D eigenvalue weighted by Gasteiger charge is 2.25. The van der Waals surface area contributed by atoms with Crippen LogP contribution in [-0.2, 0) is 18.4 Å². The molecule has 0 atom stereocenters. The number of carbonyl (C=O) groups is 1. The first-order chi connectivity index (χ1) is 6.58. The molecule has 0 heterocycles. The Morgan fingerprint density at radius 3 is 2.36 bits per heavy atom. The van der Waals surface area contributed by atoms with E-state index in [-0.39, 0.29) is 5.97 Å². The largest absolute Gasteiger partial charge is 0.463 e. The molecule has 0 rings (SSSR count). The molecule has 4 nitrogen and oxygen atoms in total. The van der Waals surface area contributed by atoms with Gasteiger partial charge in [-0.2, -0.15) is 0 Å². The predicted molar refractivity (Wildman–Crippen MR) is 56.0 cm³/mol. The van der Waals surface area contributed by atoms with E-state index in [1.807, 2.05) is 13.5 Å². The zero-order chi connectivity index (χ0) is 11.0. The van der Waals surface area contributed by atoms with Gasteiger partial charge in [0.2, 0.25) is 0 Å². The molecule has 0 unspecified atom stereocenters. The van der Waals surface area contributed by atoms with Crippen molar-refractivity contribution in [2.45, 2.75) is 19.9 Å². The lowest BCUT2D eigenvalue weighted by Crippen LogP contribution is -2.34. The number of hydrogen-bond donors (Lipinski definition) is 0. The maximum absolute atomic E-state index is 11.1. The van der Waals surface area contributed by atoms with Gasteiger partial charge in [0, 0.05) is 20.3 Å². The van der Waals surface area contributed by atoms with Crippen LogP contribution in [0.4, 0.5) is 0 Å². The summed E-state index contributed by atoms with van der Waals surface area (Å²) < 4.78 is 15.2. The van der Waals surface area contributed by atoms with Crippen molar-refractivity contribution in [1.82, 2.24) is 0 Å². The summed E-state index contributed by atoms with van der Waals surface area (Å²) in [7, 11) is 0.853. The van der Waals surface area contributed by atoms with Crippen molar-refractivity contribution < 1.29 is 18.4 Å². The summed E-state index contributed by atoms with van der Waals surface area (Å²) in [6, 6.07) is 0. The summed E-state index contributed by atoms with van der Waals surface area (Å²) in [5.41, 5.74) is 1.66. The molecule has 0 aliphatic carbocycles. The molecule has 0 amide bonds. The van der Waals surface area contributed by atoms with Crippen LogP contribution in [-0.4, -0.2) is 35.4 Å². The van der Waals surface area contributed by atoms with Gasteiger partial charge in [-0.05, 0) is 18.7 Å². The van der Waals surface area contributed by atoms with Crippen LogP contribution >= 0.6 is 0 Å². The van der Waals surface area contributed by atoms with Gasteiger partial charge in [-0.15, -0.1) is 0 Å². The summed E-state index contributed by atoms with van der Waals surface area (Å²) in [5, 5.41) is 0. The first-order valence-corrected chi connectivity index (χ1v) is 6.93. The highest BCUT2D eigenvalue weighted by molar-refractivity contribution is 6.71. The number of esters is 1. The van der Waals surface area contributed by atoms with Crippen LogP contribution in [0.3, 0.4) is 0 Å². The summed E-state index contributed by atoms with van der Waals surface area (Å²) >= 11 is 0. The quantitative estimate of drug-likeness (QED) is 0.384. The smallest absolute Gasteiger partial charge is 0.361 e. The fourth-order valence-corrected chi connectivity index (χ4v) is 1.57. The molecule has 0 radical (unpaired) electrons. The molecule has 0 bridgehead atoms. The normalized spacial score (nSPS) is 12.0. The summed E-state index contributed by atoms with van der Waals surface area (Å²) in [6.45, 7) is 4.23. The average molecular weight is 218 g/mol. The van der Waals surface area contributed by atoms with Gasteiger partial charge in [0.1, 0.15) is 0 Å². The Hall–Kier alpha value is -0.653. The molecule has 14 heavy (non-hydrogen) atoms. The maximum Gasteiger partial charge on any atom is 0.361 e. The molecule has 0 N–H and O–H groups in total. The van der Waals surface area contributed by atoms with Gasteiger partial charge < -0.3 is 13.6 Å². The molecule has 5 heteroatoms. The van der Waals surface area contributed by atoms with Gasteiger partial charge in [0.25, 0.3) is 0 Å². The van der Waals surface area contributed by atoms with Crippen molar-refractivity contribution in [2.24, 2.45) is 0 Å². The lowest BCUT2D eigenvalue weighted by Gasteiger charge is -2.17. The van der Waals surface area contributed by atoms with Crippen LogP contribution in [0.5, 0.6) is 0 Å². The highest BCUT2D eigenvalue weighted by atomic mass is 28.4. The van der Waals surface area contributed by atoms with Gasteiger partial charge in [0.05, 0.1) is 6.61 Å². The van der Waals surface area contributed by atoms with Gasteiger partial charge in [0.15, 0.2) is 0 Å². The van der Waals surface area contributed by atoms with E-state index in [1.165, 1.54) is 6.08 Å². The second-order valence-corrected chi connectivity index (χ2v) is 6.11. The summed E-state index contributed by atoms with van der Waals surface area (Å²) in [4.78, 5) is 11.1. The summed E-state index contributed by atoms with van der Waals surface area (Å²) in [5.74, 6) is -0.348. The lowest BCUT2D eigenvalue weighted by atomic mass is 10.5. The molecule has 82 valence electrons. The fourth-order valence-electron chi connectivity index (χ4n) is 0.690. The van der Waals surface area contributed by atoms with E-state index in [9.17, 15) is 4.79 Å². The first-order valence-electron chi connectivity index (χ1n) is 4.54. The fraction of sp³-hybridized carbons (Fsp3) is 0.667. The van der Waals surface area contributed by atoms with Gasteiger partial charge in [-0.3, -0.25) is 0 Å². The van der Waals surface area contributed by atoms with Crippen molar-refractivity contribution in [3.63, 3.8) is 0 Å². The Balaban J connectivity index is 4.07. The Morgan fingerprint density at radius 1 is 1.36 bits per heavy atom. The third-order valence-electron chi connectivity index (χ3n) is 1.78. The third-order valence-corrected chi connectivity index (χ3v) is 4.17. The Labute approximate surface area is 86.1 Å². The SMILES string of the molecule is CCCOC(=O)C=C[Si](C)(OC)OC. The van der Waals surface area contributed by atoms with Crippen molar-refractivity contribution in [1.29, 1.82) is 0 Å². The second kappa shape index (κ2) is 6.75. The molecule has 0 aliphatic rings. The molecule has 0 aromatic rings. The second-order valence-electron chi connectivity index (χ2n) is 2.93. The Morgan fingerprint density at radius 2 is 1.93 bits per heavy atom. The van der Waals surface area contributed by atoms with Gasteiger partial charge in [-0.1, -0.05) is 6.92 Å². The molecule has 0 spiro atoms. The van der Waals surface area contributed by atoms with Crippen LogP contribution in [0.15, 0.2) is 11.8 Å². The molecular formula is C9H18O4Si.